The second-order valence-electron chi connectivity index (χ2n) is 6.04. The van der Waals surface area contributed by atoms with Crippen LogP contribution in [0.4, 0.5) is 4.39 Å². The van der Waals surface area contributed by atoms with E-state index in [2.05, 4.69) is 34.8 Å². The molecule has 3 rings (SSSR count). The second kappa shape index (κ2) is 7.84. The molecule has 0 atom stereocenters. The monoisotopic (exact) mass is 326 g/mol. The third-order valence-corrected chi connectivity index (χ3v) is 4.25. The predicted molar refractivity (Wildman–Crippen MR) is 91.4 cm³/mol. The number of likely N-dealkylation sites (tertiary alicyclic amines) is 1. The van der Waals surface area contributed by atoms with Gasteiger partial charge in [0, 0.05) is 29.7 Å². The number of nitrogens with one attached hydrogen (secondary N) is 2. The lowest BCUT2D eigenvalue weighted by Gasteiger charge is -2.24. The predicted octanol–water partition coefficient (Wildman–Crippen LogP) is 1.79. The van der Waals surface area contributed by atoms with E-state index in [1.54, 1.807) is 0 Å². The maximum atomic E-state index is 12.9. The summed E-state index contributed by atoms with van der Waals surface area (Å²) in [7, 11) is 0. The lowest BCUT2D eigenvalue weighted by Crippen LogP contribution is -3.11. The summed E-state index contributed by atoms with van der Waals surface area (Å²) in [5.74, 6) is -0.659. The van der Waals surface area contributed by atoms with E-state index in [1.165, 1.54) is 34.7 Å². The smallest absolute Gasteiger partial charge is 0.271 e. The molecule has 0 aliphatic carbocycles. The van der Waals surface area contributed by atoms with Crippen molar-refractivity contribution in [1.29, 1.82) is 0 Å². The number of hydrogen-bond acceptors (Lipinski definition) is 2. The number of nitrogens with zero attached hydrogens (tertiary/aromatic N) is 1. The van der Waals surface area contributed by atoms with Crippen molar-refractivity contribution in [1.82, 2.24) is 5.43 Å². The minimum Gasteiger partial charge on any atom is -0.331 e. The lowest BCUT2D eigenvalue weighted by atomic mass is 10.1. The number of piperidine rings is 1. The molecule has 2 aromatic rings. The molecule has 1 amide bonds. The van der Waals surface area contributed by atoms with Crippen LogP contribution in [0.1, 0.15) is 28.8 Å². The largest absolute Gasteiger partial charge is 0.331 e. The van der Waals surface area contributed by atoms with Gasteiger partial charge >= 0.3 is 0 Å². The van der Waals surface area contributed by atoms with E-state index >= 15 is 0 Å². The van der Waals surface area contributed by atoms with E-state index in [0.717, 1.165) is 38.2 Å². The molecule has 124 valence electrons. The van der Waals surface area contributed by atoms with Crippen LogP contribution in [0.2, 0.25) is 0 Å². The molecule has 4 nitrogen and oxygen atoms in total. The van der Waals surface area contributed by atoms with Crippen LogP contribution in [-0.4, -0.2) is 24.7 Å². The molecule has 1 heterocycles. The molecule has 1 fully saturated rings. The molecule has 0 bridgehead atoms. The highest BCUT2D eigenvalue weighted by Gasteiger charge is 2.18. The van der Waals surface area contributed by atoms with Crippen LogP contribution in [0.25, 0.3) is 0 Å². The van der Waals surface area contributed by atoms with Crippen molar-refractivity contribution in [2.45, 2.75) is 19.4 Å². The molecule has 1 aliphatic heterocycles. The quantitative estimate of drug-likeness (QED) is 0.827. The number of quaternary nitrogens is 1. The van der Waals surface area contributed by atoms with Crippen molar-refractivity contribution in [3.05, 3.63) is 71.5 Å². The first-order valence-electron chi connectivity index (χ1n) is 8.19. The Hall–Kier alpha value is -2.53. The summed E-state index contributed by atoms with van der Waals surface area (Å²) < 4.78 is 12.9. The molecular formula is C19H21FN3O+. The third-order valence-electron chi connectivity index (χ3n) is 4.25. The highest BCUT2D eigenvalue weighted by Crippen LogP contribution is 2.03. The van der Waals surface area contributed by atoms with Crippen LogP contribution in [0, 0.1) is 5.82 Å². The fourth-order valence-electron chi connectivity index (χ4n) is 2.86. The van der Waals surface area contributed by atoms with E-state index in [0.29, 0.717) is 5.56 Å². The molecule has 24 heavy (non-hydrogen) atoms. The minimum absolute atomic E-state index is 0.304. The number of carbonyl (C=O) groups excluding carboxylic acids is 1. The number of carbonyl (C=O) groups is 1. The van der Waals surface area contributed by atoms with Crippen molar-refractivity contribution in [3.8, 4) is 0 Å². The Balaban J connectivity index is 1.48. The Morgan fingerprint density at radius 1 is 1.04 bits per heavy atom. The minimum atomic E-state index is -0.355. The number of benzene rings is 2. The van der Waals surface area contributed by atoms with Gasteiger partial charge in [0.15, 0.2) is 0 Å². The Morgan fingerprint density at radius 2 is 1.71 bits per heavy atom. The Labute approximate surface area is 141 Å². The molecule has 2 N–H and O–H groups in total. The highest BCUT2D eigenvalue weighted by molar-refractivity contribution is 5.95. The van der Waals surface area contributed by atoms with Gasteiger partial charge in [-0.25, -0.2) is 9.82 Å². The van der Waals surface area contributed by atoms with Gasteiger partial charge in [-0.1, -0.05) is 30.3 Å². The van der Waals surface area contributed by atoms with Crippen LogP contribution in [-0.2, 0) is 6.54 Å². The van der Waals surface area contributed by atoms with Gasteiger partial charge in [-0.3, -0.25) is 4.79 Å². The van der Waals surface area contributed by atoms with Crippen LogP contribution in [0.3, 0.4) is 0 Å². The molecule has 0 saturated carbocycles. The molecule has 1 saturated heterocycles. The molecule has 0 radical (unpaired) electrons. The van der Waals surface area contributed by atoms with Crippen molar-refractivity contribution >= 4 is 11.6 Å². The average Bonchev–Trinajstić information content (AvgIpc) is 2.62. The van der Waals surface area contributed by atoms with Crippen LogP contribution in [0.15, 0.2) is 59.7 Å². The van der Waals surface area contributed by atoms with Crippen LogP contribution >= 0.6 is 0 Å². The maximum Gasteiger partial charge on any atom is 0.271 e. The fraction of sp³-hybridized carbons (Fsp3) is 0.263. The summed E-state index contributed by atoms with van der Waals surface area (Å²) in [6.45, 7) is 3.05. The Bertz CT molecular complexity index is 703. The van der Waals surface area contributed by atoms with Gasteiger partial charge in [-0.2, -0.15) is 5.10 Å². The molecular weight excluding hydrogens is 305 g/mol. The topological polar surface area (TPSA) is 45.9 Å². The van der Waals surface area contributed by atoms with Crippen molar-refractivity contribution in [2.75, 3.05) is 13.1 Å². The average molecular weight is 326 g/mol. The molecule has 5 heteroatoms. The summed E-state index contributed by atoms with van der Waals surface area (Å²) in [5.41, 5.74) is 5.34. The molecule has 1 aliphatic rings. The fourth-order valence-corrected chi connectivity index (χ4v) is 2.86. The number of hydrazone groups is 1. The molecule has 0 unspecified atom stereocenters. The van der Waals surface area contributed by atoms with Crippen molar-refractivity contribution in [2.24, 2.45) is 5.10 Å². The maximum absolute atomic E-state index is 12.9. The zero-order valence-electron chi connectivity index (χ0n) is 13.5. The number of rotatable bonds is 4. The van der Waals surface area contributed by atoms with Crippen molar-refractivity contribution < 1.29 is 14.1 Å². The van der Waals surface area contributed by atoms with Gasteiger partial charge in [0.1, 0.15) is 12.4 Å². The molecule has 0 aromatic heterocycles. The zero-order chi connectivity index (χ0) is 16.8. The first-order valence-corrected chi connectivity index (χ1v) is 8.19. The third kappa shape index (κ3) is 4.49. The standard InChI is InChI=1S/C19H20FN3O/c20-17-8-6-16(7-9-17)19(24)22-21-18-10-12-23(13-11-18)14-15-4-2-1-3-5-15/h1-9H,10-14H2,(H,22,24)/p+1. The normalized spacial score (nSPS) is 17.4. The summed E-state index contributed by atoms with van der Waals surface area (Å²) in [5, 5.41) is 4.23. The summed E-state index contributed by atoms with van der Waals surface area (Å²) in [4.78, 5) is 13.5. The SMILES string of the molecule is O=C(NN=C1CC[NH+](Cc2ccccc2)CC1)c1ccc(F)cc1. The van der Waals surface area contributed by atoms with Crippen LogP contribution in [0.5, 0.6) is 0 Å². The Kier molecular flexibility index (Phi) is 5.33. The first-order chi connectivity index (χ1) is 11.7. The van der Waals surface area contributed by atoms with Gasteiger partial charge < -0.3 is 4.90 Å². The molecule has 0 spiro atoms. The van der Waals surface area contributed by atoms with E-state index in [4.69, 9.17) is 0 Å². The highest BCUT2D eigenvalue weighted by atomic mass is 19.1. The Morgan fingerprint density at radius 3 is 2.38 bits per heavy atom. The lowest BCUT2D eigenvalue weighted by molar-refractivity contribution is -0.914. The summed E-state index contributed by atoms with van der Waals surface area (Å²) in [6, 6.07) is 15.9. The van der Waals surface area contributed by atoms with Gasteiger partial charge in [0.05, 0.1) is 13.1 Å². The number of amides is 1. The van der Waals surface area contributed by atoms with Gasteiger partial charge in [-0.05, 0) is 24.3 Å². The van der Waals surface area contributed by atoms with E-state index in [-0.39, 0.29) is 11.7 Å². The van der Waals surface area contributed by atoms with E-state index in [9.17, 15) is 9.18 Å². The van der Waals surface area contributed by atoms with E-state index < -0.39 is 0 Å². The van der Waals surface area contributed by atoms with Gasteiger partial charge in [-0.15, -0.1) is 0 Å². The van der Waals surface area contributed by atoms with Gasteiger partial charge in [0.25, 0.3) is 5.91 Å². The number of halogens is 1. The summed E-state index contributed by atoms with van der Waals surface area (Å²) >= 11 is 0. The number of hydrogen-bond donors (Lipinski definition) is 2. The van der Waals surface area contributed by atoms with Crippen molar-refractivity contribution in [3.63, 3.8) is 0 Å². The first kappa shape index (κ1) is 16.3. The van der Waals surface area contributed by atoms with E-state index in [1.807, 2.05) is 6.07 Å². The summed E-state index contributed by atoms with van der Waals surface area (Å²) in [6.07, 6.45) is 1.76. The van der Waals surface area contributed by atoms with Gasteiger partial charge in [0.2, 0.25) is 0 Å². The van der Waals surface area contributed by atoms with Crippen LogP contribution < -0.4 is 10.3 Å². The second-order valence-corrected chi connectivity index (χ2v) is 6.04. The molecule has 2 aromatic carbocycles. The zero-order valence-corrected chi connectivity index (χ0v) is 13.5.